The lowest BCUT2D eigenvalue weighted by atomic mass is 9.41. The van der Waals surface area contributed by atoms with Crippen molar-refractivity contribution in [3.05, 3.63) is 35.4 Å². The maximum atomic E-state index is 12.5. The van der Waals surface area contributed by atoms with Crippen LogP contribution in [0.4, 0.5) is 4.79 Å². The highest BCUT2D eigenvalue weighted by atomic mass is 16.5. The van der Waals surface area contributed by atoms with Gasteiger partial charge in [0.2, 0.25) is 0 Å². The lowest BCUT2D eigenvalue weighted by molar-refractivity contribution is -0.203. The molecule has 0 bridgehead atoms. The number of rotatable bonds is 7. The number of aliphatic hydroxyl groups is 2. The number of carbonyl (C=O) groups is 1. The Hall–Kier alpha value is -1.59. The van der Waals surface area contributed by atoms with Crippen LogP contribution < -0.4 is 5.32 Å². The van der Waals surface area contributed by atoms with Crippen LogP contribution in [0.1, 0.15) is 117 Å². The molecule has 5 heteroatoms. The second kappa shape index (κ2) is 12.1. The summed E-state index contributed by atoms with van der Waals surface area (Å²) < 4.78 is 5.64. The Morgan fingerprint density at radius 3 is 2.33 bits per heavy atom. The predicted molar refractivity (Wildman–Crippen MR) is 169 cm³/mol. The van der Waals surface area contributed by atoms with E-state index >= 15 is 0 Å². The van der Waals surface area contributed by atoms with Crippen LogP contribution >= 0.6 is 0 Å². The third kappa shape index (κ3) is 5.78. The monoisotopic (exact) mass is 581 g/mol. The van der Waals surface area contributed by atoms with Crippen molar-refractivity contribution in [3.8, 4) is 0 Å². The summed E-state index contributed by atoms with van der Waals surface area (Å²) >= 11 is 0. The molecule has 0 spiro atoms. The van der Waals surface area contributed by atoms with Gasteiger partial charge in [-0.3, -0.25) is 0 Å². The van der Waals surface area contributed by atoms with Gasteiger partial charge in [-0.2, -0.15) is 0 Å². The Morgan fingerprint density at radius 2 is 1.67 bits per heavy atom. The van der Waals surface area contributed by atoms with Gasteiger partial charge in [0.15, 0.2) is 0 Å². The largest absolute Gasteiger partial charge is 0.450 e. The van der Waals surface area contributed by atoms with E-state index in [1.807, 2.05) is 0 Å². The van der Waals surface area contributed by atoms with Gasteiger partial charge in [0, 0.05) is 6.54 Å². The molecule has 0 heterocycles. The van der Waals surface area contributed by atoms with Crippen molar-refractivity contribution in [2.45, 2.75) is 130 Å². The van der Waals surface area contributed by atoms with Gasteiger partial charge in [-0.25, -0.2) is 4.79 Å². The summed E-state index contributed by atoms with van der Waals surface area (Å²) in [5.41, 5.74) is 2.96. The van der Waals surface area contributed by atoms with Crippen molar-refractivity contribution >= 4 is 6.09 Å². The van der Waals surface area contributed by atoms with Crippen LogP contribution in [0.25, 0.3) is 0 Å². The van der Waals surface area contributed by atoms with Crippen LogP contribution in [0.5, 0.6) is 0 Å². The first-order chi connectivity index (χ1) is 19.8. The fourth-order valence-electron chi connectivity index (χ4n) is 10.8. The number of alkyl carbamates (subject to hydrolysis) is 1. The molecule has 4 unspecified atom stereocenters. The highest BCUT2D eigenvalue weighted by Crippen LogP contribution is 2.69. The third-order valence-corrected chi connectivity index (χ3v) is 13.2. The minimum atomic E-state index is -0.338. The predicted octanol–water partition coefficient (Wildman–Crippen LogP) is 7.86. The summed E-state index contributed by atoms with van der Waals surface area (Å²) in [4.78, 5) is 12.5. The zero-order valence-corrected chi connectivity index (χ0v) is 27.5. The highest BCUT2D eigenvalue weighted by Gasteiger charge is 2.64. The van der Waals surface area contributed by atoms with Crippen molar-refractivity contribution in [3.63, 3.8) is 0 Å². The fraction of sp³-hybridized carbons (Fsp3) is 0.811. The average molecular weight is 582 g/mol. The second-order valence-electron chi connectivity index (χ2n) is 16.3. The molecule has 5 nitrogen and oxygen atoms in total. The number of ether oxygens (including phenoxy) is 1. The van der Waals surface area contributed by atoms with Crippen molar-refractivity contribution in [1.82, 2.24) is 5.32 Å². The first-order valence-electron chi connectivity index (χ1n) is 17.2. The number of aliphatic hydroxyl groups excluding tert-OH is 2. The van der Waals surface area contributed by atoms with Gasteiger partial charge in [-0.15, -0.1) is 0 Å². The molecule has 1 amide bonds. The number of amides is 1. The van der Waals surface area contributed by atoms with Gasteiger partial charge < -0.3 is 20.3 Å². The zero-order valence-electron chi connectivity index (χ0n) is 27.5. The Balaban J connectivity index is 1.16. The number of carbonyl (C=O) groups excluding carboxylic acids is 1. The van der Waals surface area contributed by atoms with Crippen LogP contribution in [0, 0.1) is 52.3 Å². The van der Waals surface area contributed by atoms with E-state index in [0.717, 1.165) is 37.7 Å². The van der Waals surface area contributed by atoms with Crippen LogP contribution in [-0.4, -0.2) is 35.1 Å². The molecule has 4 fully saturated rings. The van der Waals surface area contributed by atoms with Crippen molar-refractivity contribution in [2.24, 2.45) is 52.3 Å². The Labute approximate surface area is 255 Å². The van der Waals surface area contributed by atoms with E-state index in [9.17, 15) is 15.0 Å². The van der Waals surface area contributed by atoms with E-state index in [-0.39, 0.29) is 34.5 Å². The highest BCUT2D eigenvalue weighted by molar-refractivity contribution is 5.67. The van der Waals surface area contributed by atoms with Gasteiger partial charge in [0.25, 0.3) is 0 Å². The maximum absolute atomic E-state index is 12.5. The zero-order chi connectivity index (χ0) is 30.4. The molecule has 4 aliphatic carbocycles. The van der Waals surface area contributed by atoms with Gasteiger partial charge in [-0.1, -0.05) is 79.2 Å². The molecule has 11 atom stereocenters. The molecule has 236 valence electrons. The summed E-state index contributed by atoms with van der Waals surface area (Å²) in [5.74, 6) is 3.32. The quantitative estimate of drug-likeness (QED) is 0.306. The van der Waals surface area contributed by atoms with Crippen LogP contribution in [0.3, 0.4) is 0 Å². The molecular formula is C37H59NO4. The summed E-state index contributed by atoms with van der Waals surface area (Å²) in [6.45, 7) is 17.2. The molecule has 0 radical (unpaired) electrons. The molecule has 0 aliphatic heterocycles. The van der Waals surface area contributed by atoms with Crippen molar-refractivity contribution in [1.29, 1.82) is 0 Å². The molecule has 1 aromatic rings. The van der Waals surface area contributed by atoms with E-state index in [1.165, 1.54) is 31.2 Å². The standard InChI is InChI=1S/C37H59NO4/c1-8-27-31-21-26(39)15-18-37(31,7)30-16-19-36(6)28(13-14-29(36)32(30)33(27)40)23(2)17-20-42-34(41)38-22-24-9-11-25(12-10-24)35(3,4)5/h9-12,23,26-33,39-40H,8,13-22H2,1-7H3,(H,38,41)/t23-,26-,27-,28-,29+,30+,31?,32?,33-,36?,37?/m1/s1. The normalized spacial score (nSPS) is 40.4. The molecule has 0 aromatic heterocycles. The van der Waals surface area contributed by atoms with Crippen LogP contribution in [-0.2, 0) is 16.7 Å². The lowest BCUT2D eigenvalue weighted by Gasteiger charge is -2.64. The molecular weight excluding hydrogens is 522 g/mol. The molecule has 1 aromatic carbocycles. The minimum Gasteiger partial charge on any atom is -0.450 e. The Kier molecular flexibility index (Phi) is 9.14. The topological polar surface area (TPSA) is 78.8 Å². The van der Waals surface area contributed by atoms with E-state index in [2.05, 4.69) is 78.0 Å². The average Bonchev–Trinajstić information content (AvgIpc) is 3.30. The van der Waals surface area contributed by atoms with Gasteiger partial charge in [0.1, 0.15) is 0 Å². The molecule has 4 saturated carbocycles. The van der Waals surface area contributed by atoms with E-state index in [0.29, 0.717) is 54.6 Å². The SMILES string of the molecule is CC[C@@H]1C2C[C@H](O)CCC2(C)[C@H]2CCC3(C)[C@@H]([C@H](C)CCOC(=O)NCc4ccc(C(C)(C)C)cc4)CC[C@H]3C2[C@@H]1O. The van der Waals surface area contributed by atoms with Gasteiger partial charge in [0.05, 0.1) is 18.8 Å². The molecule has 42 heavy (non-hydrogen) atoms. The Bertz CT molecular complexity index is 1080. The molecule has 0 saturated heterocycles. The van der Waals surface area contributed by atoms with E-state index < -0.39 is 0 Å². The molecule has 5 rings (SSSR count). The Morgan fingerprint density at radius 1 is 1.00 bits per heavy atom. The van der Waals surface area contributed by atoms with Gasteiger partial charge in [-0.05, 0) is 120 Å². The number of nitrogens with one attached hydrogen (secondary N) is 1. The molecule has 4 aliphatic rings. The van der Waals surface area contributed by atoms with Crippen LogP contribution in [0.15, 0.2) is 24.3 Å². The van der Waals surface area contributed by atoms with Crippen LogP contribution in [0.2, 0.25) is 0 Å². The summed E-state index contributed by atoms with van der Waals surface area (Å²) in [7, 11) is 0. The summed E-state index contributed by atoms with van der Waals surface area (Å²) in [6, 6.07) is 8.44. The van der Waals surface area contributed by atoms with E-state index in [1.54, 1.807) is 0 Å². The first-order valence-corrected chi connectivity index (χ1v) is 17.2. The summed E-state index contributed by atoms with van der Waals surface area (Å²) in [6.07, 6.45) is 8.84. The second-order valence-corrected chi connectivity index (χ2v) is 16.3. The number of hydrogen-bond donors (Lipinski definition) is 3. The fourth-order valence-corrected chi connectivity index (χ4v) is 10.8. The van der Waals surface area contributed by atoms with Crippen molar-refractivity contribution < 1.29 is 19.7 Å². The smallest absolute Gasteiger partial charge is 0.407 e. The lowest BCUT2D eigenvalue weighted by Crippen LogP contribution is -2.62. The third-order valence-electron chi connectivity index (χ3n) is 13.2. The number of benzene rings is 1. The summed E-state index contributed by atoms with van der Waals surface area (Å²) in [5, 5.41) is 25.4. The van der Waals surface area contributed by atoms with Crippen molar-refractivity contribution in [2.75, 3.05) is 6.61 Å². The molecule has 3 N–H and O–H groups in total. The maximum Gasteiger partial charge on any atom is 0.407 e. The first kappa shape index (κ1) is 31.8. The minimum absolute atomic E-state index is 0.118. The number of hydrogen-bond acceptors (Lipinski definition) is 4. The number of fused-ring (bicyclic) bond motifs is 5. The van der Waals surface area contributed by atoms with Gasteiger partial charge >= 0.3 is 6.09 Å². The van der Waals surface area contributed by atoms with E-state index in [4.69, 9.17) is 4.74 Å².